The Morgan fingerprint density at radius 3 is 3.00 bits per heavy atom. The van der Waals surface area contributed by atoms with E-state index < -0.39 is 5.91 Å². The number of aliphatic imine (C=N–C) groups is 1. The molecule has 0 atom stereocenters. The number of aromatic nitrogens is 2. The number of hydrogen-bond acceptors (Lipinski definition) is 6. The SMILES string of the molecule is NC1=NC2(OCCO2)c2[nH]cnc2N1. The molecule has 0 aliphatic carbocycles. The minimum Gasteiger partial charge on any atom is -0.369 e. The number of nitrogens with two attached hydrogens (primary N) is 1. The molecule has 0 radical (unpaired) electrons. The van der Waals surface area contributed by atoms with Gasteiger partial charge in [-0.15, -0.1) is 0 Å². The Balaban J connectivity index is 2.15. The fourth-order valence-corrected chi connectivity index (χ4v) is 1.60. The molecule has 3 rings (SSSR count). The van der Waals surface area contributed by atoms with Crippen molar-refractivity contribution in [1.29, 1.82) is 0 Å². The fraction of sp³-hybridized carbons (Fsp3) is 0.429. The van der Waals surface area contributed by atoms with E-state index in [-0.39, 0.29) is 5.96 Å². The molecule has 0 bridgehead atoms. The molecule has 0 unspecified atom stereocenters. The molecular formula is C7H9N5O2. The molecular weight excluding hydrogens is 186 g/mol. The minimum absolute atomic E-state index is 0.242. The van der Waals surface area contributed by atoms with Gasteiger partial charge in [0.2, 0.25) is 0 Å². The number of anilines is 1. The highest BCUT2D eigenvalue weighted by molar-refractivity contribution is 5.93. The third-order valence-corrected chi connectivity index (χ3v) is 2.15. The summed E-state index contributed by atoms with van der Waals surface area (Å²) >= 11 is 0. The maximum absolute atomic E-state index is 5.59. The first kappa shape index (κ1) is 7.77. The smallest absolute Gasteiger partial charge is 0.320 e. The summed E-state index contributed by atoms with van der Waals surface area (Å²) in [6.07, 6.45) is 1.54. The van der Waals surface area contributed by atoms with Crippen molar-refractivity contribution in [3.05, 3.63) is 12.0 Å². The molecule has 1 spiro atoms. The quantitative estimate of drug-likeness (QED) is 0.509. The van der Waals surface area contributed by atoms with Gasteiger partial charge in [-0.1, -0.05) is 0 Å². The molecule has 14 heavy (non-hydrogen) atoms. The minimum atomic E-state index is -1.11. The van der Waals surface area contributed by atoms with Crippen LogP contribution in [0.1, 0.15) is 5.69 Å². The number of aromatic amines is 1. The topological polar surface area (TPSA) is 97.5 Å². The highest BCUT2D eigenvalue weighted by atomic mass is 16.8. The monoisotopic (exact) mass is 195 g/mol. The van der Waals surface area contributed by atoms with Crippen LogP contribution in [0.3, 0.4) is 0 Å². The van der Waals surface area contributed by atoms with E-state index in [1.807, 2.05) is 0 Å². The predicted octanol–water partition coefficient (Wildman–Crippen LogP) is -0.693. The molecule has 1 aromatic rings. The van der Waals surface area contributed by atoms with Crippen molar-refractivity contribution in [2.75, 3.05) is 18.5 Å². The Hall–Kier alpha value is -1.60. The molecule has 1 fully saturated rings. The number of ether oxygens (including phenoxy) is 2. The van der Waals surface area contributed by atoms with Crippen LogP contribution in [0.5, 0.6) is 0 Å². The van der Waals surface area contributed by atoms with Crippen molar-refractivity contribution in [1.82, 2.24) is 9.97 Å². The van der Waals surface area contributed by atoms with Crippen LogP contribution in [0.15, 0.2) is 11.3 Å². The van der Waals surface area contributed by atoms with Crippen LogP contribution in [0, 0.1) is 0 Å². The van der Waals surface area contributed by atoms with Crippen LogP contribution in [-0.2, 0) is 15.4 Å². The van der Waals surface area contributed by atoms with Gasteiger partial charge in [-0.25, -0.2) is 4.98 Å². The summed E-state index contributed by atoms with van der Waals surface area (Å²) in [4.78, 5) is 11.1. The predicted molar refractivity (Wildman–Crippen MR) is 47.4 cm³/mol. The zero-order chi connectivity index (χ0) is 9.60. The Labute approximate surface area is 79.3 Å². The van der Waals surface area contributed by atoms with E-state index in [2.05, 4.69) is 20.3 Å². The largest absolute Gasteiger partial charge is 0.369 e. The Morgan fingerprint density at radius 2 is 2.21 bits per heavy atom. The highest BCUT2D eigenvalue weighted by Gasteiger charge is 2.45. The summed E-state index contributed by atoms with van der Waals surface area (Å²) in [6, 6.07) is 0. The van der Waals surface area contributed by atoms with Crippen LogP contribution >= 0.6 is 0 Å². The van der Waals surface area contributed by atoms with Crippen LogP contribution in [0.4, 0.5) is 5.82 Å². The van der Waals surface area contributed by atoms with Crippen LogP contribution in [-0.4, -0.2) is 29.1 Å². The molecule has 0 amide bonds. The van der Waals surface area contributed by atoms with Crippen molar-refractivity contribution in [2.45, 2.75) is 5.91 Å². The van der Waals surface area contributed by atoms with Gasteiger partial charge in [0.25, 0.3) is 0 Å². The average Bonchev–Trinajstić information content (AvgIpc) is 2.73. The zero-order valence-corrected chi connectivity index (χ0v) is 7.28. The zero-order valence-electron chi connectivity index (χ0n) is 7.28. The van der Waals surface area contributed by atoms with Crippen molar-refractivity contribution >= 4 is 11.8 Å². The second kappa shape index (κ2) is 2.46. The number of fused-ring (bicyclic) bond motifs is 2. The summed E-state index contributed by atoms with van der Waals surface area (Å²) in [5, 5.41) is 2.82. The van der Waals surface area contributed by atoms with Gasteiger partial charge >= 0.3 is 5.91 Å². The van der Waals surface area contributed by atoms with Gasteiger partial charge in [0, 0.05) is 0 Å². The van der Waals surface area contributed by atoms with E-state index in [4.69, 9.17) is 15.2 Å². The first-order valence-corrected chi connectivity index (χ1v) is 4.24. The lowest BCUT2D eigenvalue weighted by Gasteiger charge is -2.26. The van der Waals surface area contributed by atoms with Crippen molar-refractivity contribution < 1.29 is 9.47 Å². The molecule has 1 aromatic heterocycles. The van der Waals surface area contributed by atoms with Gasteiger partial charge in [0.15, 0.2) is 11.8 Å². The molecule has 1 saturated heterocycles. The van der Waals surface area contributed by atoms with E-state index in [0.717, 1.165) is 0 Å². The van der Waals surface area contributed by atoms with E-state index in [0.29, 0.717) is 24.7 Å². The van der Waals surface area contributed by atoms with E-state index >= 15 is 0 Å². The number of nitrogens with zero attached hydrogens (tertiary/aromatic N) is 2. The van der Waals surface area contributed by atoms with Gasteiger partial charge in [-0.05, 0) is 0 Å². The third-order valence-electron chi connectivity index (χ3n) is 2.15. The van der Waals surface area contributed by atoms with Gasteiger partial charge in [-0.3, -0.25) is 0 Å². The first-order valence-electron chi connectivity index (χ1n) is 4.24. The molecule has 2 aliphatic rings. The van der Waals surface area contributed by atoms with E-state index in [9.17, 15) is 0 Å². The number of rotatable bonds is 0. The molecule has 74 valence electrons. The Kier molecular flexibility index (Phi) is 1.36. The number of nitrogens with one attached hydrogen (secondary N) is 2. The van der Waals surface area contributed by atoms with Crippen molar-refractivity contribution in [2.24, 2.45) is 10.7 Å². The molecule has 0 aromatic carbocycles. The van der Waals surface area contributed by atoms with Crippen LogP contribution in [0.2, 0.25) is 0 Å². The van der Waals surface area contributed by atoms with Gasteiger partial charge < -0.3 is 25.5 Å². The van der Waals surface area contributed by atoms with Gasteiger partial charge in [-0.2, -0.15) is 4.99 Å². The number of guanidine groups is 1. The first-order chi connectivity index (χ1) is 6.80. The lowest BCUT2D eigenvalue weighted by atomic mass is 10.3. The molecule has 4 N–H and O–H groups in total. The molecule has 3 heterocycles. The molecule has 7 heteroatoms. The van der Waals surface area contributed by atoms with E-state index in [1.165, 1.54) is 0 Å². The molecule has 2 aliphatic heterocycles. The Morgan fingerprint density at radius 1 is 1.43 bits per heavy atom. The Bertz CT molecular complexity index is 393. The highest BCUT2D eigenvalue weighted by Crippen LogP contribution is 2.37. The summed E-state index contributed by atoms with van der Waals surface area (Å²) in [5.41, 5.74) is 6.24. The van der Waals surface area contributed by atoms with Crippen LogP contribution < -0.4 is 11.1 Å². The lowest BCUT2D eigenvalue weighted by Crippen LogP contribution is -2.38. The van der Waals surface area contributed by atoms with E-state index in [1.54, 1.807) is 6.33 Å². The third kappa shape index (κ3) is 0.875. The summed E-state index contributed by atoms with van der Waals surface area (Å²) in [6.45, 7) is 0.991. The maximum Gasteiger partial charge on any atom is 0.320 e. The lowest BCUT2D eigenvalue weighted by molar-refractivity contribution is -0.161. The fourth-order valence-electron chi connectivity index (χ4n) is 1.60. The van der Waals surface area contributed by atoms with Gasteiger partial charge in [0.1, 0.15) is 5.69 Å². The average molecular weight is 195 g/mol. The number of hydrogen-bond donors (Lipinski definition) is 3. The molecule has 0 saturated carbocycles. The second-order valence-corrected chi connectivity index (χ2v) is 3.03. The maximum atomic E-state index is 5.59. The van der Waals surface area contributed by atoms with Crippen molar-refractivity contribution in [3.63, 3.8) is 0 Å². The van der Waals surface area contributed by atoms with Crippen LogP contribution in [0.25, 0.3) is 0 Å². The summed E-state index contributed by atoms with van der Waals surface area (Å²) in [7, 11) is 0. The van der Waals surface area contributed by atoms with Crippen molar-refractivity contribution in [3.8, 4) is 0 Å². The molecule has 7 nitrogen and oxygen atoms in total. The van der Waals surface area contributed by atoms with Gasteiger partial charge in [0.05, 0.1) is 19.5 Å². The second-order valence-electron chi connectivity index (χ2n) is 3.03. The summed E-state index contributed by atoms with van der Waals surface area (Å²) < 4.78 is 10.9. The number of H-pyrrole nitrogens is 1. The normalized spacial score (nSPS) is 23.0. The summed E-state index contributed by atoms with van der Waals surface area (Å²) in [5.74, 6) is -0.271. The standard InChI is InChI=1S/C7H9N5O2/c8-6-11-5-4(9-3-10-5)7(12-6)13-1-2-14-7/h3H,1-2H2,(H,9,10)(H3,8,11,12). The number of imidazole rings is 1.